The summed E-state index contributed by atoms with van der Waals surface area (Å²) in [5.41, 5.74) is 13.2. The van der Waals surface area contributed by atoms with E-state index in [1.807, 2.05) is 261 Å². The first-order chi connectivity index (χ1) is 49.3. The van der Waals surface area contributed by atoms with E-state index < -0.39 is 59.7 Å². The van der Waals surface area contributed by atoms with Crippen molar-refractivity contribution < 1.29 is 38.6 Å². The highest BCUT2D eigenvalue weighted by Gasteiger charge is 2.57. The van der Waals surface area contributed by atoms with Crippen LogP contribution in [0.3, 0.4) is 0 Å². The van der Waals surface area contributed by atoms with Gasteiger partial charge in [0.1, 0.15) is 35.6 Å². The number of hydrogen-bond donors (Lipinski definition) is 2. The van der Waals surface area contributed by atoms with Crippen molar-refractivity contribution in [1.82, 2.24) is 19.6 Å². The maximum atomic E-state index is 14.9. The number of nitrogens with zero attached hydrogens (tertiary/aromatic N) is 4. The molecule has 3 N–H and O–H groups in total. The number of carbonyl (C=O) groups excluding carboxylic acids is 4. The third-order valence-corrected chi connectivity index (χ3v) is 19.3. The average molecular weight is 1500 g/mol. The molecule has 2 aliphatic rings. The smallest absolute Gasteiger partial charge is 0.418 e. The van der Waals surface area contributed by atoms with E-state index in [0.29, 0.717) is 31.2 Å². The molecule has 540 valence electrons. The number of imide groups is 2. The quantitative estimate of drug-likeness (QED) is 0.0939. The van der Waals surface area contributed by atoms with E-state index in [0.717, 1.165) is 49.4 Å². The van der Waals surface area contributed by atoms with Crippen LogP contribution in [0.4, 0.5) is 9.59 Å². The van der Waals surface area contributed by atoms with Crippen molar-refractivity contribution in [3.63, 3.8) is 0 Å². The van der Waals surface area contributed by atoms with Crippen molar-refractivity contribution in [1.29, 1.82) is 0 Å². The van der Waals surface area contributed by atoms with Crippen molar-refractivity contribution in [3.8, 4) is 0 Å². The summed E-state index contributed by atoms with van der Waals surface area (Å²) in [4.78, 5) is 72.2. The highest BCUT2D eigenvalue weighted by atomic mass is 35.5. The van der Waals surface area contributed by atoms with Gasteiger partial charge >= 0.3 is 18.2 Å². The molecule has 13 nitrogen and oxygen atoms in total. The minimum Gasteiger partial charge on any atom is -0.480 e. The van der Waals surface area contributed by atoms with Crippen molar-refractivity contribution in [3.05, 3.63) is 355 Å². The standard InChI is InChI=1S/C35H34Cl2N2O3.C22H24Cl2N2O3.C15H15NO2.C13H11Cl.CH4/c1-23(24-15-8-5-9-16-24)38-31(29(25-17-10-6-11-18-25)26-19-12-7-13-20-26)33(40)39(34(41)42-35(2,3)4)32(38)30-27(36)21-14-22-28(30)37;1-14(15-9-6-5-7-10-15)25-13-18(27)26(21(28)29-22(2,3)4)20(25)19-16(23)11-8-12-17(19)24;16-14(15(17)18)13(11-7-3-1-4-8-11)12-9-5-2-6-10-12;14-13(11-7-3-1-4-8-11)12-9-5-2-6-10-12;/h5-23,29,31-32H,1-4H3;5-12,14,20H,13H2,1-4H3;1-10,13-14H,16H2,(H,17,18);1-10,13H;1H4/t23-,31+,32-;14-,20-;14-;;/m110../s1. The number of rotatable bonds is 15. The third-order valence-electron chi connectivity index (χ3n) is 17.5. The van der Waals surface area contributed by atoms with Gasteiger partial charge in [0.2, 0.25) is 5.91 Å². The van der Waals surface area contributed by atoms with E-state index in [4.69, 9.17) is 78.3 Å². The molecule has 4 amide bonds. The number of hydrogen-bond acceptors (Lipinski definition) is 10. The Kier molecular flexibility index (Phi) is 28.7. The van der Waals surface area contributed by atoms with Crippen LogP contribution in [0.25, 0.3) is 0 Å². The molecule has 0 radical (unpaired) electrons. The lowest BCUT2D eigenvalue weighted by atomic mass is 9.83. The van der Waals surface area contributed by atoms with Gasteiger partial charge in [0.05, 0.1) is 11.9 Å². The molecule has 2 heterocycles. The largest absolute Gasteiger partial charge is 0.480 e. The number of alkyl halides is 1. The summed E-state index contributed by atoms with van der Waals surface area (Å²) in [5, 5.41) is 10.6. The van der Waals surface area contributed by atoms with Crippen LogP contribution in [-0.4, -0.2) is 84.5 Å². The van der Waals surface area contributed by atoms with Gasteiger partial charge in [0.15, 0.2) is 0 Å². The molecule has 0 saturated carbocycles. The highest BCUT2D eigenvalue weighted by Crippen LogP contribution is 2.51. The minimum absolute atomic E-state index is 0. The number of carboxylic acids is 1. The summed E-state index contributed by atoms with van der Waals surface area (Å²) < 4.78 is 11.4. The van der Waals surface area contributed by atoms with E-state index in [1.165, 1.54) is 4.90 Å². The van der Waals surface area contributed by atoms with Gasteiger partial charge in [0, 0.05) is 55.1 Å². The number of aliphatic carboxylic acids is 1. The third kappa shape index (κ3) is 20.2. The van der Waals surface area contributed by atoms with E-state index in [9.17, 15) is 24.0 Å². The van der Waals surface area contributed by atoms with Gasteiger partial charge in [-0.3, -0.25) is 24.2 Å². The number of halogens is 5. The number of nitrogens with two attached hydrogens (primary N) is 1. The van der Waals surface area contributed by atoms with E-state index in [1.54, 1.807) is 77.9 Å². The first-order valence-corrected chi connectivity index (χ1v) is 35.7. The summed E-state index contributed by atoms with van der Waals surface area (Å²) in [7, 11) is 0. The molecule has 10 aromatic carbocycles. The number of ether oxygens (including phenoxy) is 2. The Labute approximate surface area is 636 Å². The minimum atomic E-state index is -0.993. The second-order valence-electron chi connectivity index (χ2n) is 26.8. The van der Waals surface area contributed by atoms with Gasteiger partial charge in [0.25, 0.3) is 5.91 Å². The highest BCUT2D eigenvalue weighted by molar-refractivity contribution is 6.37. The van der Waals surface area contributed by atoms with Crippen LogP contribution in [0, 0.1) is 0 Å². The maximum Gasteiger partial charge on any atom is 0.418 e. The van der Waals surface area contributed by atoms with Crippen LogP contribution in [0.15, 0.2) is 279 Å². The van der Waals surface area contributed by atoms with Crippen molar-refractivity contribution in [2.45, 2.75) is 128 Å². The first kappa shape index (κ1) is 80.6. The summed E-state index contributed by atoms with van der Waals surface area (Å²) in [6.45, 7) is 14.7. The summed E-state index contributed by atoms with van der Waals surface area (Å²) >= 11 is 33.0. The number of amides is 4. The molecule has 104 heavy (non-hydrogen) atoms. The topological polar surface area (TPSA) is 163 Å². The van der Waals surface area contributed by atoms with Crippen LogP contribution in [-0.2, 0) is 23.9 Å². The van der Waals surface area contributed by atoms with Gasteiger partial charge in [-0.25, -0.2) is 19.4 Å². The lowest BCUT2D eigenvalue weighted by Crippen LogP contribution is -2.41. The van der Waals surface area contributed by atoms with Crippen molar-refractivity contribution in [2.24, 2.45) is 5.73 Å². The molecule has 2 fully saturated rings. The van der Waals surface area contributed by atoms with Crippen LogP contribution in [0.1, 0.15) is 160 Å². The van der Waals surface area contributed by atoms with E-state index in [2.05, 4.69) is 4.90 Å². The zero-order valence-electron chi connectivity index (χ0n) is 58.5. The van der Waals surface area contributed by atoms with Crippen LogP contribution >= 0.6 is 58.0 Å². The van der Waals surface area contributed by atoms with Gasteiger partial charge in [-0.05, 0) is 124 Å². The predicted octanol–water partition coefficient (Wildman–Crippen LogP) is 21.7. The number of carboxylic acid groups (broad SMARTS) is 1. The van der Waals surface area contributed by atoms with Gasteiger partial charge in [-0.2, -0.15) is 0 Å². The Morgan fingerprint density at radius 2 is 0.731 bits per heavy atom. The second-order valence-corrected chi connectivity index (χ2v) is 28.9. The van der Waals surface area contributed by atoms with E-state index in [-0.39, 0.29) is 49.2 Å². The van der Waals surface area contributed by atoms with Crippen LogP contribution in [0.2, 0.25) is 20.1 Å². The maximum absolute atomic E-state index is 14.9. The molecule has 2 aliphatic heterocycles. The van der Waals surface area contributed by atoms with E-state index >= 15 is 0 Å². The first-order valence-electron chi connectivity index (χ1n) is 33.8. The molecule has 0 aromatic heterocycles. The zero-order valence-corrected chi connectivity index (χ0v) is 62.3. The molecular weight excluding hydrogens is 1410 g/mol. The van der Waals surface area contributed by atoms with Crippen LogP contribution in [0.5, 0.6) is 0 Å². The molecule has 18 heteroatoms. The summed E-state index contributed by atoms with van der Waals surface area (Å²) in [5.74, 6) is -2.48. The summed E-state index contributed by atoms with van der Waals surface area (Å²) in [6, 6.07) is 86.8. The monoisotopic (exact) mass is 1490 g/mol. The normalized spacial score (nSPS) is 16.2. The second kappa shape index (κ2) is 37.0. The Morgan fingerprint density at radius 1 is 0.433 bits per heavy atom. The molecule has 0 unspecified atom stereocenters. The Hall–Kier alpha value is -9.12. The number of benzene rings is 10. The molecular formula is C86H88Cl5N5O8. The molecule has 0 aliphatic carbocycles. The lowest BCUT2D eigenvalue weighted by molar-refractivity contribution is -0.139. The fourth-order valence-corrected chi connectivity index (χ4v) is 14.2. The fourth-order valence-electron chi connectivity index (χ4n) is 12.7. The molecule has 12 rings (SSSR count). The Morgan fingerprint density at radius 3 is 1.07 bits per heavy atom. The Balaban J connectivity index is 0.000000190. The molecule has 2 saturated heterocycles. The lowest BCUT2D eigenvalue weighted by Gasteiger charge is -2.38. The fraction of sp³-hybridized carbons (Fsp3) is 0.244. The van der Waals surface area contributed by atoms with Gasteiger partial charge < -0.3 is 20.3 Å². The predicted molar refractivity (Wildman–Crippen MR) is 419 cm³/mol. The average Bonchev–Trinajstić information content (AvgIpc) is 1.58. The summed E-state index contributed by atoms with van der Waals surface area (Å²) in [6.07, 6.45) is -3.16. The SMILES string of the molecule is C.C[C@H](c1ccccc1)N1CC(=O)N(C(=O)OC(C)(C)C)[C@@H]1c1c(Cl)cccc1Cl.C[C@H](c1ccccc1)N1[C@@H](C(c2ccccc2)c2ccccc2)C(=O)N(C(=O)OC(C)(C)C)[C@@H]1c1c(Cl)cccc1Cl.ClC(c1ccccc1)c1ccccc1.N[C@H](C(=O)O)C(c1ccccc1)c1ccccc1. The van der Waals surface area contributed by atoms with Crippen molar-refractivity contribution in [2.75, 3.05) is 6.54 Å². The number of carbonyl (C=O) groups is 5. The Bertz CT molecular complexity index is 4250. The molecule has 6 atom stereocenters. The van der Waals surface area contributed by atoms with Crippen LogP contribution < -0.4 is 5.73 Å². The van der Waals surface area contributed by atoms with Crippen molar-refractivity contribution >= 4 is 88.0 Å². The molecule has 0 bridgehead atoms. The van der Waals surface area contributed by atoms with Gasteiger partial charge in [-0.15, -0.1) is 11.6 Å². The molecule has 10 aromatic rings. The zero-order chi connectivity index (χ0) is 74.1. The van der Waals surface area contributed by atoms with Gasteiger partial charge in [-0.1, -0.05) is 309 Å². The molecule has 0 spiro atoms.